The lowest BCUT2D eigenvalue weighted by Gasteiger charge is -2.06. The van der Waals surface area contributed by atoms with Crippen LogP contribution in [0, 0.1) is 0 Å². The van der Waals surface area contributed by atoms with Crippen LogP contribution >= 0.6 is 0 Å². The van der Waals surface area contributed by atoms with Crippen molar-refractivity contribution in [2.75, 3.05) is 26.7 Å². The first kappa shape index (κ1) is 12.5. The first-order valence-electron chi connectivity index (χ1n) is 5.42. The van der Waals surface area contributed by atoms with Crippen LogP contribution in [0.5, 0.6) is 5.75 Å². The summed E-state index contributed by atoms with van der Waals surface area (Å²) in [7, 11) is 1.63. The fraction of sp³-hybridized carbons (Fsp3) is 0.417. The molecule has 4 heteroatoms. The normalized spacial score (nSPS) is 9.81. The highest BCUT2D eigenvalue weighted by molar-refractivity contribution is 5.77. The number of ether oxygens (including phenoxy) is 1. The fourth-order valence-electron chi connectivity index (χ4n) is 1.19. The standard InChI is InChI=1S/C12H18N2O2/c1-13-12(15)10-14-8-5-9-16-11-6-3-2-4-7-11/h2-4,6-7,14H,5,8-10H2,1H3,(H,13,15). The molecule has 0 aliphatic rings. The van der Waals surface area contributed by atoms with Gasteiger partial charge >= 0.3 is 0 Å². The van der Waals surface area contributed by atoms with Gasteiger partial charge in [0.25, 0.3) is 0 Å². The van der Waals surface area contributed by atoms with Gasteiger partial charge in [0.15, 0.2) is 0 Å². The predicted octanol–water partition coefficient (Wildman–Crippen LogP) is 0.791. The molecule has 0 aliphatic heterocycles. The highest BCUT2D eigenvalue weighted by atomic mass is 16.5. The molecule has 88 valence electrons. The van der Waals surface area contributed by atoms with Gasteiger partial charge in [0.05, 0.1) is 13.2 Å². The maximum absolute atomic E-state index is 10.9. The second kappa shape index (κ2) is 7.70. The second-order valence-corrected chi connectivity index (χ2v) is 3.37. The second-order valence-electron chi connectivity index (χ2n) is 3.37. The number of hydrogen-bond donors (Lipinski definition) is 2. The molecule has 1 aromatic carbocycles. The van der Waals surface area contributed by atoms with Crippen LogP contribution < -0.4 is 15.4 Å². The van der Waals surface area contributed by atoms with Crippen LogP contribution in [0.4, 0.5) is 0 Å². The van der Waals surface area contributed by atoms with Crippen molar-refractivity contribution in [3.63, 3.8) is 0 Å². The molecule has 16 heavy (non-hydrogen) atoms. The van der Waals surface area contributed by atoms with Crippen LogP contribution in [0.3, 0.4) is 0 Å². The van der Waals surface area contributed by atoms with Crippen molar-refractivity contribution in [1.29, 1.82) is 0 Å². The molecule has 0 saturated heterocycles. The highest BCUT2D eigenvalue weighted by Gasteiger charge is 1.96. The van der Waals surface area contributed by atoms with E-state index < -0.39 is 0 Å². The Labute approximate surface area is 96.0 Å². The molecule has 0 aliphatic carbocycles. The quantitative estimate of drug-likeness (QED) is 0.671. The van der Waals surface area contributed by atoms with E-state index in [1.54, 1.807) is 7.05 Å². The Bertz CT molecular complexity index is 301. The van der Waals surface area contributed by atoms with Gasteiger partial charge in [-0.1, -0.05) is 18.2 Å². The number of amides is 1. The van der Waals surface area contributed by atoms with Crippen molar-refractivity contribution in [1.82, 2.24) is 10.6 Å². The van der Waals surface area contributed by atoms with E-state index >= 15 is 0 Å². The molecule has 0 unspecified atom stereocenters. The molecule has 0 heterocycles. The van der Waals surface area contributed by atoms with Gasteiger partial charge < -0.3 is 15.4 Å². The number of carbonyl (C=O) groups excluding carboxylic acids is 1. The summed E-state index contributed by atoms with van der Waals surface area (Å²) >= 11 is 0. The Hall–Kier alpha value is -1.55. The molecule has 1 rings (SSSR count). The van der Waals surface area contributed by atoms with Crippen LogP contribution in [0.15, 0.2) is 30.3 Å². The summed E-state index contributed by atoms with van der Waals surface area (Å²) in [6, 6.07) is 9.70. The van der Waals surface area contributed by atoms with E-state index in [-0.39, 0.29) is 5.91 Å². The molecule has 0 atom stereocenters. The Morgan fingerprint density at radius 3 is 2.75 bits per heavy atom. The van der Waals surface area contributed by atoms with Gasteiger partial charge in [-0.2, -0.15) is 0 Å². The molecule has 0 bridgehead atoms. The number of carbonyl (C=O) groups is 1. The largest absolute Gasteiger partial charge is 0.494 e. The van der Waals surface area contributed by atoms with Crippen LogP contribution in [0.1, 0.15) is 6.42 Å². The molecule has 0 spiro atoms. The summed E-state index contributed by atoms with van der Waals surface area (Å²) in [4.78, 5) is 10.9. The van der Waals surface area contributed by atoms with Crippen LogP contribution in [0.2, 0.25) is 0 Å². The number of likely N-dealkylation sites (N-methyl/N-ethyl adjacent to an activating group) is 1. The fourth-order valence-corrected chi connectivity index (χ4v) is 1.19. The number of nitrogens with one attached hydrogen (secondary N) is 2. The molecule has 1 aromatic rings. The summed E-state index contributed by atoms with van der Waals surface area (Å²) in [5, 5.41) is 5.58. The monoisotopic (exact) mass is 222 g/mol. The summed E-state index contributed by atoms with van der Waals surface area (Å²) in [5.41, 5.74) is 0. The van der Waals surface area contributed by atoms with Crippen molar-refractivity contribution in [2.45, 2.75) is 6.42 Å². The van der Waals surface area contributed by atoms with E-state index in [9.17, 15) is 4.79 Å². The minimum atomic E-state index is 0.00368. The zero-order chi connectivity index (χ0) is 11.6. The molecule has 0 fully saturated rings. The zero-order valence-corrected chi connectivity index (χ0v) is 9.53. The first-order valence-corrected chi connectivity index (χ1v) is 5.42. The minimum absolute atomic E-state index is 0.00368. The molecule has 1 amide bonds. The maximum Gasteiger partial charge on any atom is 0.233 e. The van der Waals surface area contributed by atoms with Crippen molar-refractivity contribution in [3.8, 4) is 5.75 Å². The Morgan fingerprint density at radius 2 is 2.06 bits per heavy atom. The smallest absolute Gasteiger partial charge is 0.233 e. The molecular weight excluding hydrogens is 204 g/mol. The van der Waals surface area contributed by atoms with Gasteiger partial charge in [-0.05, 0) is 25.1 Å². The molecule has 0 radical (unpaired) electrons. The molecule has 0 saturated carbocycles. The van der Waals surface area contributed by atoms with Crippen LogP contribution in [-0.4, -0.2) is 32.7 Å². The Kier molecular flexibility index (Phi) is 6.03. The average Bonchev–Trinajstić information content (AvgIpc) is 2.34. The number of para-hydroxylation sites is 1. The lowest BCUT2D eigenvalue weighted by Crippen LogP contribution is -2.32. The molecule has 2 N–H and O–H groups in total. The maximum atomic E-state index is 10.9. The number of benzene rings is 1. The van der Waals surface area contributed by atoms with Crippen molar-refractivity contribution in [2.24, 2.45) is 0 Å². The third-order valence-corrected chi connectivity index (χ3v) is 2.07. The van der Waals surface area contributed by atoms with Gasteiger partial charge in [0.1, 0.15) is 5.75 Å². The third-order valence-electron chi connectivity index (χ3n) is 2.07. The van der Waals surface area contributed by atoms with Gasteiger partial charge in [-0.15, -0.1) is 0 Å². The van der Waals surface area contributed by atoms with E-state index in [0.29, 0.717) is 13.2 Å². The average molecular weight is 222 g/mol. The third kappa shape index (κ3) is 5.36. The lowest BCUT2D eigenvalue weighted by atomic mass is 10.3. The van der Waals surface area contributed by atoms with Gasteiger partial charge in [-0.3, -0.25) is 4.79 Å². The van der Waals surface area contributed by atoms with Gasteiger partial charge in [-0.25, -0.2) is 0 Å². The predicted molar refractivity (Wildman–Crippen MR) is 63.5 cm³/mol. The molecule has 4 nitrogen and oxygen atoms in total. The topological polar surface area (TPSA) is 50.4 Å². The van der Waals surface area contributed by atoms with Crippen molar-refractivity contribution in [3.05, 3.63) is 30.3 Å². The summed E-state index contributed by atoms with van der Waals surface area (Å²) < 4.78 is 5.50. The van der Waals surface area contributed by atoms with Crippen LogP contribution in [-0.2, 0) is 4.79 Å². The van der Waals surface area contributed by atoms with Gasteiger partial charge in [0.2, 0.25) is 5.91 Å². The number of hydrogen-bond acceptors (Lipinski definition) is 3. The first-order chi connectivity index (χ1) is 7.83. The number of rotatable bonds is 7. The summed E-state index contributed by atoms with van der Waals surface area (Å²) in [6.45, 7) is 1.80. The molecular formula is C12H18N2O2. The van der Waals surface area contributed by atoms with E-state index in [0.717, 1.165) is 18.7 Å². The SMILES string of the molecule is CNC(=O)CNCCCOc1ccccc1. The summed E-state index contributed by atoms with van der Waals surface area (Å²) in [5.74, 6) is 0.887. The van der Waals surface area contributed by atoms with E-state index in [1.165, 1.54) is 0 Å². The summed E-state index contributed by atoms with van der Waals surface area (Å²) in [6.07, 6.45) is 0.881. The Morgan fingerprint density at radius 1 is 1.31 bits per heavy atom. The highest BCUT2D eigenvalue weighted by Crippen LogP contribution is 2.07. The lowest BCUT2D eigenvalue weighted by molar-refractivity contribution is -0.119. The molecule has 0 aromatic heterocycles. The van der Waals surface area contributed by atoms with E-state index in [1.807, 2.05) is 30.3 Å². The van der Waals surface area contributed by atoms with Gasteiger partial charge in [0, 0.05) is 7.05 Å². The van der Waals surface area contributed by atoms with E-state index in [4.69, 9.17) is 4.74 Å². The van der Waals surface area contributed by atoms with Crippen molar-refractivity contribution < 1.29 is 9.53 Å². The Balaban J connectivity index is 1.98. The minimum Gasteiger partial charge on any atom is -0.494 e. The van der Waals surface area contributed by atoms with Crippen molar-refractivity contribution >= 4 is 5.91 Å². The zero-order valence-electron chi connectivity index (χ0n) is 9.53. The van der Waals surface area contributed by atoms with E-state index in [2.05, 4.69) is 10.6 Å². The van der Waals surface area contributed by atoms with Crippen LogP contribution in [0.25, 0.3) is 0 Å².